The second kappa shape index (κ2) is 4.51. The summed E-state index contributed by atoms with van der Waals surface area (Å²) >= 11 is 11.4. The number of carboxylic acid groups (broad SMARTS) is 2. The van der Waals surface area contributed by atoms with Gasteiger partial charge >= 0.3 is 11.9 Å². The molecule has 80 valence electrons. The first kappa shape index (κ1) is 11.8. The third kappa shape index (κ3) is 2.40. The van der Waals surface area contributed by atoms with Gasteiger partial charge in [-0.15, -0.1) is 0 Å². The zero-order valence-corrected chi connectivity index (χ0v) is 8.79. The number of benzene rings is 1. The maximum absolute atomic E-state index is 10.7. The number of carboxylic acids is 2. The minimum Gasteiger partial charge on any atom is -0.480 e. The molecule has 6 heteroatoms. The predicted molar refractivity (Wildman–Crippen MR) is 54.5 cm³/mol. The van der Waals surface area contributed by atoms with Crippen molar-refractivity contribution in [2.75, 3.05) is 0 Å². The molecule has 2 N–H and O–H groups in total. The van der Waals surface area contributed by atoms with Gasteiger partial charge in [0, 0.05) is 0 Å². The molecule has 1 aromatic rings. The molecular weight excluding hydrogens is 243 g/mol. The van der Waals surface area contributed by atoms with E-state index in [1.54, 1.807) is 0 Å². The molecule has 0 radical (unpaired) electrons. The van der Waals surface area contributed by atoms with Crippen molar-refractivity contribution in [2.24, 2.45) is 0 Å². The largest absolute Gasteiger partial charge is 0.480 e. The smallest absolute Gasteiger partial charge is 0.322 e. The summed E-state index contributed by atoms with van der Waals surface area (Å²) in [4.78, 5) is 21.4. The van der Waals surface area contributed by atoms with Crippen LogP contribution in [0.25, 0.3) is 0 Å². The number of hydrogen-bond donors (Lipinski definition) is 2. The minimum absolute atomic E-state index is 0.0239. The molecule has 0 aliphatic carbocycles. The van der Waals surface area contributed by atoms with Crippen LogP contribution < -0.4 is 0 Å². The highest BCUT2D eigenvalue weighted by Crippen LogP contribution is 2.31. The molecule has 4 nitrogen and oxygen atoms in total. The zero-order chi connectivity index (χ0) is 11.6. The van der Waals surface area contributed by atoms with Gasteiger partial charge < -0.3 is 10.2 Å². The number of rotatable bonds is 3. The number of carbonyl (C=O) groups is 2. The first-order chi connectivity index (χ1) is 6.95. The highest BCUT2D eigenvalue weighted by molar-refractivity contribution is 6.42. The molecule has 0 spiro atoms. The third-order valence-corrected chi connectivity index (χ3v) is 2.62. The third-order valence-electron chi connectivity index (χ3n) is 1.79. The Kier molecular flexibility index (Phi) is 3.55. The SMILES string of the molecule is O=C(O)C(C(=O)O)c1cccc(Cl)c1Cl. The van der Waals surface area contributed by atoms with E-state index in [2.05, 4.69) is 0 Å². The molecule has 1 rings (SSSR count). The monoisotopic (exact) mass is 248 g/mol. The van der Waals surface area contributed by atoms with Crippen LogP contribution in [0.1, 0.15) is 11.5 Å². The van der Waals surface area contributed by atoms with E-state index in [0.29, 0.717) is 0 Å². The average molecular weight is 249 g/mol. The van der Waals surface area contributed by atoms with Crippen LogP contribution in [-0.4, -0.2) is 22.2 Å². The Morgan fingerprint density at radius 2 is 1.67 bits per heavy atom. The number of halogens is 2. The maximum Gasteiger partial charge on any atom is 0.322 e. The second-order valence-corrected chi connectivity index (χ2v) is 3.54. The van der Waals surface area contributed by atoms with Crippen LogP contribution in [0, 0.1) is 0 Å². The van der Waals surface area contributed by atoms with E-state index in [0.717, 1.165) is 0 Å². The van der Waals surface area contributed by atoms with Gasteiger partial charge in [-0.25, -0.2) is 0 Å². The summed E-state index contributed by atoms with van der Waals surface area (Å²) < 4.78 is 0. The lowest BCUT2D eigenvalue weighted by Crippen LogP contribution is -2.21. The van der Waals surface area contributed by atoms with Crippen LogP contribution in [0.5, 0.6) is 0 Å². The molecule has 0 fully saturated rings. The first-order valence-corrected chi connectivity index (χ1v) is 4.60. The maximum atomic E-state index is 10.7. The predicted octanol–water partition coefficient (Wildman–Crippen LogP) is 2.25. The summed E-state index contributed by atoms with van der Waals surface area (Å²) in [6.45, 7) is 0. The summed E-state index contributed by atoms with van der Waals surface area (Å²) in [6, 6.07) is 4.22. The average Bonchev–Trinajstić information content (AvgIpc) is 2.11. The molecule has 0 bridgehead atoms. The van der Waals surface area contributed by atoms with Crippen LogP contribution in [0.3, 0.4) is 0 Å². The molecule has 0 aliphatic heterocycles. The molecule has 15 heavy (non-hydrogen) atoms. The Hall–Kier alpha value is -1.26. The van der Waals surface area contributed by atoms with E-state index in [4.69, 9.17) is 33.4 Å². The lowest BCUT2D eigenvalue weighted by molar-refractivity contribution is -0.150. The van der Waals surface area contributed by atoms with Gasteiger partial charge in [-0.1, -0.05) is 35.3 Å². The van der Waals surface area contributed by atoms with Crippen LogP contribution in [0.2, 0.25) is 10.0 Å². The van der Waals surface area contributed by atoms with E-state index in [-0.39, 0.29) is 15.6 Å². The Morgan fingerprint density at radius 1 is 1.13 bits per heavy atom. The number of hydrogen-bond acceptors (Lipinski definition) is 2. The van der Waals surface area contributed by atoms with Crippen LogP contribution in [0.4, 0.5) is 0 Å². The van der Waals surface area contributed by atoms with Gasteiger partial charge in [0.15, 0.2) is 5.92 Å². The molecule has 0 heterocycles. The van der Waals surface area contributed by atoms with E-state index < -0.39 is 17.9 Å². The van der Waals surface area contributed by atoms with Crippen molar-refractivity contribution in [3.8, 4) is 0 Å². The quantitative estimate of drug-likeness (QED) is 0.805. The standard InChI is InChI=1S/C9H6Cl2O4/c10-5-3-1-2-4(7(5)11)6(8(12)13)9(14)15/h1-3,6H,(H,12,13)(H,14,15). The van der Waals surface area contributed by atoms with E-state index in [9.17, 15) is 9.59 Å². The van der Waals surface area contributed by atoms with Crippen molar-refractivity contribution in [1.29, 1.82) is 0 Å². The Morgan fingerprint density at radius 3 is 2.13 bits per heavy atom. The summed E-state index contributed by atoms with van der Waals surface area (Å²) in [5.41, 5.74) is -0.0239. The Bertz CT molecular complexity index is 403. The van der Waals surface area contributed by atoms with Crippen LogP contribution in [0.15, 0.2) is 18.2 Å². The second-order valence-electron chi connectivity index (χ2n) is 2.75. The highest BCUT2D eigenvalue weighted by atomic mass is 35.5. The molecule has 0 saturated heterocycles. The summed E-state index contributed by atoms with van der Waals surface area (Å²) in [7, 11) is 0. The minimum atomic E-state index is -1.70. The lowest BCUT2D eigenvalue weighted by Gasteiger charge is -2.10. The molecule has 0 amide bonds. The van der Waals surface area contributed by atoms with Gasteiger partial charge in [0.05, 0.1) is 10.0 Å². The molecular formula is C9H6Cl2O4. The van der Waals surface area contributed by atoms with Crippen molar-refractivity contribution in [3.63, 3.8) is 0 Å². The Labute approximate surface area is 95.0 Å². The van der Waals surface area contributed by atoms with E-state index in [1.807, 2.05) is 0 Å². The summed E-state index contributed by atoms with van der Waals surface area (Å²) in [6.07, 6.45) is 0. The highest BCUT2D eigenvalue weighted by Gasteiger charge is 2.30. The van der Waals surface area contributed by atoms with Crippen molar-refractivity contribution in [3.05, 3.63) is 33.8 Å². The van der Waals surface area contributed by atoms with Crippen molar-refractivity contribution in [1.82, 2.24) is 0 Å². The summed E-state index contributed by atoms with van der Waals surface area (Å²) in [5.74, 6) is -4.66. The van der Waals surface area contributed by atoms with Crippen LogP contribution in [-0.2, 0) is 9.59 Å². The van der Waals surface area contributed by atoms with Gasteiger partial charge in [0.1, 0.15) is 0 Å². The molecule has 0 atom stereocenters. The fourth-order valence-electron chi connectivity index (χ4n) is 1.12. The fourth-order valence-corrected chi connectivity index (χ4v) is 1.53. The van der Waals surface area contributed by atoms with Gasteiger partial charge in [-0.05, 0) is 11.6 Å². The summed E-state index contributed by atoms with van der Waals surface area (Å²) in [5, 5.41) is 17.5. The topological polar surface area (TPSA) is 74.6 Å². The van der Waals surface area contributed by atoms with Gasteiger partial charge in [0.2, 0.25) is 0 Å². The van der Waals surface area contributed by atoms with Gasteiger partial charge in [-0.3, -0.25) is 9.59 Å². The molecule has 0 aliphatic rings. The normalized spacial score (nSPS) is 10.3. The molecule has 1 aromatic carbocycles. The van der Waals surface area contributed by atoms with E-state index in [1.165, 1.54) is 18.2 Å². The van der Waals surface area contributed by atoms with Crippen LogP contribution >= 0.6 is 23.2 Å². The fraction of sp³-hybridized carbons (Fsp3) is 0.111. The Balaban J connectivity index is 3.29. The van der Waals surface area contributed by atoms with Crippen molar-refractivity contribution in [2.45, 2.75) is 5.92 Å². The van der Waals surface area contributed by atoms with Crippen molar-refractivity contribution >= 4 is 35.1 Å². The zero-order valence-electron chi connectivity index (χ0n) is 7.28. The molecule has 0 aromatic heterocycles. The van der Waals surface area contributed by atoms with Crippen molar-refractivity contribution < 1.29 is 19.8 Å². The molecule has 0 unspecified atom stereocenters. The van der Waals surface area contributed by atoms with Gasteiger partial charge in [0.25, 0.3) is 0 Å². The number of aliphatic carboxylic acids is 2. The van der Waals surface area contributed by atoms with E-state index >= 15 is 0 Å². The van der Waals surface area contributed by atoms with Gasteiger partial charge in [-0.2, -0.15) is 0 Å². The lowest BCUT2D eigenvalue weighted by atomic mass is 9.99. The molecule has 0 saturated carbocycles. The first-order valence-electron chi connectivity index (χ1n) is 3.84.